The number of halogens is 1. The molecule has 0 heterocycles. The first-order chi connectivity index (χ1) is 11.0. The summed E-state index contributed by atoms with van der Waals surface area (Å²) in [6, 6.07) is 11.0. The SMILES string of the molecule is O=C(COc1cccc([N+](=O)[O-])c1)NN=Cc1ccc(F)cc1. The summed E-state index contributed by atoms with van der Waals surface area (Å²) in [7, 11) is 0. The van der Waals surface area contributed by atoms with E-state index in [0.717, 1.165) is 0 Å². The molecule has 2 aromatic carbocycles. The molecule has 8 heteroatoms. The second-order valence-electron chi connectivity index (χ2n) is 4.39. The molecule has 118 valence electrons. The highest BCUT2D eigenvalue weighted by Crippen LogP contribution is 2.18. The van der Waals surface area contributed by atoms with E-state index in [1.54, 1.807) is 0 Å². The van der Waals surface area contributed by atoms with E-state index in [-0.39, 0.29) is 23.9 Å². The molecular formula is C15H12FN3O4. The fourth-order valence-electron chi connectivity index (χ4n) is 1.60. The highest BCUT2D eigenvalue weighted by molar-refractivity contribution is 5.82. The van der Waals surface area contributed by atoms with Gasteiger partial charge >= 0.3 is 0 Å². The van der Waals surface area contributed by atoms with Crippen molar-refractivity contribution in [2.45, 2.75) is 0 Å². The second kappa shape index (κ2) is 7.64. The van der Waals surface area contributed by atoms with Gasteiger partial charge in [-0.25, -0.2) is 9.82 Å². The van der Waals surface area contributed by atoms with Gasteiger partial charge in [-0.1, -0.05) is 18.2 Å². The van der Waals surface area contributed by atoms with Crippen molar-refractivity contribution in [1.82, 2.24) is 5.43 Å². The van der Waals surface area contributed by atoms with Gasteiger partial charge < -0.3 is 4.74 Å². The summed E-state index contributed by atoms with van der Waals surface area (Å²) in [4.78, 5) is 21.6. The Morgan fingerprint density at radius 1 is 1.30 bits per heavy atom. The van der Waals surface area contributed by atoms with Gasteiger partial charge in [0.15, 0.2) is 6.61 Å². The Hall–Kier alpha value is -3.29. The first-order valence-electron chi connectivity index (χ1n) is 6.49. The maximum Gasteiger partial charge on any atom is 0.277 e. The van der Waals surface area contributed by atoms with E-state index in [2.05, 4.69) is 10.5 Å². The van der Waals surface area contributed by atoms with Gasteiger partial charge in [-0.15, -0.1) is 0 Å². The lowest BCUT2D eigenvalue weighted by atomic mass is 10.2. The van der Waals surface area contributed by atoms with Crippen LogP contribution in [-0.2, 0) is 4.79 Å². The van der Waals surface area contributed by atoms with E-state index >= 15 is 0 Å². The fraction of sp³-hybridized carbons (Fsp3) is 0.0667. The molecule has 0 radical (unpaired) electrons. The van der Waals surface area contributed by atoms with Crippen molar-refractivity contribution in [2.75, 3.05) is 6.61 Å². The highest BCUT2D eigenvalue weighted by Gasteiger charge is 2.07. The van der Waals surface area contributed by atoms with Crippen molar-refractivity contribution in [1.29, 1.82) is 0 Å². The number of carbonyl (C=O) groups is 1. The predicted molar refractivity (Wildman–Crippen MR) is 80.7 cm³/mol. The number of carbonyl (C=O) groups excluding carboxylic acids is 1. The predicted octanol–water partition coefficient (Wildman–Crippen LogP) is 2.26. The molecule has 0 spiro atoms. The Balaban J connectivity index is 1.82. The van der Waals surface area contributed by atoms with Crippen LogP contribution in [0.15, 0.2) is 53.6 Å². The Bertz CT molecular complexity index is 732. The number of amides is 1. The monoisotopic (exact) mass is 317 g/mol. The lowest BCUT2D eigenvalue weighted by Gasteiger charge is -2.04. The smallest absolute Gasteiger partial charge is 0.277 e. The fourth-order valence-corrected chi connectivity index (χ4v) is 1.60. The molecule has 0 aliphatic carbocycles. The van der Waals surface area contributed by atoms with Crippen LogP contribution in [0.25, 0.3) is 0 Å². The Labute approximate surface area is 130 Å². The standard InChI is InChI=1S/C15H12FN3O4/c16-12-6-4-11(5-7-12)9-17-18-15(20)10-23-14-3-1-2-13(8-14)19(21)22/h1-9H,10H2,(H,18,20). The molecule has 1 N–H and O–H groups in total. The molecular weight excluding hydrogens is 305 g/mol. The number of hydrogen-bond donors (Lipinski definition) is 1. The molecule has 0 saturated heterocycles. The average Bonchev–Trinajstić information content (AvgIpc) is 2.55. The minimum atomic E-state index is -0.556. The van der Waals surface area contributed by atoms with Gasteiger partial charge in [0.2, 0.25) is 0 Å². The van der Waals surface area contributed by atoms with Crippen LogP contribution in [0.1, 0.15) is 5.56 Å². The molecule has 23 heavy (non-hydrogen) atoms. The lowest BCUT2D eigenvalue weighted by molar-refractivity contribution is -0.384. The van der Waals surface area contributed by atoms with Gasteiger partial charge in [0.1, 0.15) is 11.6 Å². The van der Waals surface area contributed by atoms with Crippen molar-refractivity contribution in [3.63, 3.8) is 0 Å². The molecule has 2 rings (SSSR count). The number of benzene rings is 2. The largest absolute Gasteiger partial charge is 0.483 e. The average molecular weight is 317 g/mol. The molecule has 2 aromatic rings. The van der Waals surface area contributed by atoms with Gasteiger partial charge in [0.25, 0.3) is 11.6 Å². The number of nitro groups is 1. The van der Waals surface area contributed by atoms with Crippen molar-refractivity contribution in [3.8, 4) is 5.75 Å². The molecule has 0 fully saturated rings. The van der Waals surface area contributed by atoms with Crippen LogP contribution in [0.5, 0.6) is 5.75 Å². The number of hydrogen-bond acceptors (Lipinski definition) is 5. The van der Waals surface area contributed by atoms with Crippen molar-refractivity contribution >= 4 is 17.8 Å². The van der Waals surface area contributed by atoms with E-state index in [4.69, 9.17) is 4.74 Å². The van der Waals surface area contributed by atoms with E-state index in [9.17, 15) is 19.3 Å². The van der Waals surface area contributed by atoms with Crippen LogP contribution in [0, 0.1) is 15.9 Å². The van der Waals surface area contributed by atoms with Gasteiger partial charge in [0.05, 0.1) is 17.2 Å². The molecule has 0 aromatic heterocycles. The van der Waals surface area contributed by atoms with Crippen LogP contribution < -0.4 is 10.2 Å². The molecule has 0 bridgehead atoms. The van der Waals surface area contributed by atoms with Crippen molar-refractivity contribution in [3.05, 3.63) is 70.0 Å². The second-order valence-corrected chi connectivity index (χ2v) is 4.39. The lowest BCUT2D eigenvalue weighted by Crippen LogP contribution is -2.24. The summed E-state index contributed by atoms with van der Waals surface area (Å²) in [5.74, 6) is -0.691. The van der Waals surface area contributed by atoms with E-state index < -0.39 is 10.8 Å². The summed E-state index contributed by atoms with van der Waals surface area (Å²) >= 11 is 0. The van der Waals surface area contributed by atoms with Crippen molar-refractivity contribution in [2.24, 2.45) is 5.10 Å². The summed E-state index contributed by atoms with van der Waals surface area (Å²) in [5.41, 5.74) is 2.72. The summed E-state index contributed by atoms with van der Waals surface area (Å²) in [5, 5.41) is 14.3. The minimum absolute atomic E-state index is 0.128. The van der Waals surface area contributed by atoms with Gasteiger partial charge in [-0.3, -0.25) is 14.9 Å². The van der Waals surface area contributed by atoms with E-state index in [1.165, 1.54) is 54.7 Å². The maximum absolute atomic E-state index is 12.7. The molecule has 7 nitrogen and oxygen atoms in total. The normalized spacial score (nSPS) is 10.5. The molecule has 0 atom stereocenters. The third-order valence-corrected chi connectivity index (χ3v) is 2.67. The van der Waals surface area contributed by atoms with E-state index in [1.807, 2.05) is 0 Å². The zero-order chi connectivity index (χ0) is 16.7. The van der Waals surface area contributed by atoms with Gasteiger partial charge in [-0.2, -0.15) is 5.10 Å². The first-order valence-corrected chi connectivity index (χ1v) is 6.49. The number of nitrogens with zero attached hydrogens (tertiary/aromatic N) is 2. The van der Waals surface area contributed by atoms with Crippen LogP contribution in [0.3, 0.4) is 0 Å². The maximum atomic E-state index is 12.7. The molecule has 0 unspecified atom stereocenters. The summed E-state index contributed by atoms with van der Waals surface area (Å²) in [6.45, 7) is -0.345. The quantitative estimate of drug-likeness (QED) is 0.502. The Kier molecular flexibility index (Phi) is 5.35. The molecule has 0 saturated carbocycles. The zero-order valence-corrected chi connectivity index (χ0v) is 11.8. The van der Waals surface area contributed by atoms with Crippen LogP contribution in [-0.4, -0.2) is 23.7 Å². The van der Waals surface area contributed by atoms with Crippen molar-refractivity contribution < 1.29 is 18.8 Å². The van der Waals surface area contributed by atoms with Crippen LogP contribution in [0.2, 0.25) is 0 Å². The molecule has 1 amide bonds. The number of ether oxygens (including phenoxy) is 1. The summed E-state index contributed by atoms with van der Waals surface area (Å²) < 4.78 is 17.8. The number of hydrazone groups is 1. The third kappa shape index (κ3) is 5.20. The topological polar surface area (TPSA) is 93.8 Å². The zero-order valence-electron chi connectivity index (χ0n) is 11.8. The number of non-ortho nitro benzene ring substituents is 1. The number of rotatable bonds is 6. The van der Waals surface area contributed by atoms with Crippen LogP contribution in [0.4, 0.5) is 10.1 Å². The Morgan fingerprint density at radius 3 is 2.74 bits per heavy atom. The first kappa shape index (κ1) is 16.1. The highest BCUT2D eigenvalue weighted by atomic mass is 19.1. The molecule has 0 aliphatic heterocycles. The Morgan fingerprint density at radius 2 is 2.04 bits per heavy atom. The summed E-state index contributed by atoms with van der Waals surface area (Å²) in [6.07, 6.45) is 1.35. The minimum Gasteiger partial charge on any atom is -0.483 e. The van der Waals surface area contributed by atoms with Gasteiger partial charge in [-0.05, 0) is 23.8 Å². The number of nitro benzene ring substituents is 1. The van der Waals surface area contributed by atoms with E-state index in [0.29, 0.717) is 5.56 Å². The molecule has 0 aliphatic rings. The van der Waals surface area contributed by atoms with Crippen LogP contribution >= 0.6 is 0 Å². The van der Waals surface area contributed by atoms with Gasteiger partial charge in [0, 0.05) is 6.07 Å². The number of nitrogens with one attached hydrogen (secondary N) is 1. The third-order valence-electron chi connectivity index (χ3n) is 2.67.